The molecule has 1 atom stereocenters. The molecule has 4 rings (SSSR count). The third kappa shape index (κ3) is 3.45. The molecule has 24 heavy (non-hydrogen) atoms. The third-order valence-electron chi connectivity index (χ3n) is 4.89. The van der Waals surface area contributed by atoms with Gasteiger partial charge in [0.1, 0.15) is 5.82 Å². The SMILES string of the molecule is O=C(c1cnc(C2CC2)nc1)N1CCC[C@H](Cc2ccccn2)C1. The summed E-state index contributed by atoms with van der Waals surface area (Å²) in [6.07, 6.45) is 10.7. The molecule has 2 aliphatic rings. The van der Waals surface area contributed by atoms with Gasteiger partial charge < -0.3 is 4.90 Å². The molecule has 0 unspecified atom stereocenters. The third-order valence-corrected chi connectivity index (χ3v) is 4.89. The van der Waals surface area contributed by atoms with E-state index >= 15 is 0 Å². The first-order chi connectivity index (χ1) is 11.8. The van der Waals surface area contributed by atoms with E-state index in [4.69, 9.17) is 0 Å². The van der Waals surface area contributed by atoms with Crippen LogP contribution >= 0.6 is 0 Å². The fourth-order valence-corrected chi connectivity index (χ4v) is 3.41. The van der Waals surface area contributed by atoms with Crippen molar-refractivity contribution in [3.8, 4) is 0 Å². The van der Waals surface area contributed by atoms with Gasteiger partial charge in [-0.1, -0.05) is 6.07 Å². The lowest BCUT2D eigenvalue weighted by Gasteiger charge is -2.32. The molecule has 5 nitrogen and oxygen atoms in total. The summed E-state index contributed by atoms with van der Waals surface area (Å²) in [5, 5.41) is 0. The molecule has 1 aliphatic heterocycles. The highest BCUT2D eigenvalue weighted by molar-refractivity contribution is 5.93. The number of aromatic nitrogens is 3. The molecule has 5 heteroatoms. The minimum Gasteiger partial charge on any atom is -0.338 e. The number of carbonyl (C=O) groups excluding carboxylic acids is 1. The van der Waals surface area contributed by atoms with Gasteiger partial charge in [0.25, 0.3) is 5.91 Å². The number of amides is 1. The second-order valence-electron chi connectivity index (χ2n) is 6.89. The van der Waals surface area contributed by atoms with E-state index in [1.54, 1.807) is 12.4 Å². The maximum atomic E-state index is 12.7. The lowest BCUT2D eigenvalue weighted by atomic mass is 9.93. The largest absolute Gasteiger partial charge is 0.338 e. The van der Waals surface area contributed by atoms with Crippen molar-refractivity contribution in [1.82, 2.24) is 19.9 Å². The summed E-state index contributed by atoms with van der Waals surface area (Å²) < 4.78 is 0. The van der Waals surface area contributed by atoms with Crippen LogP contribution in [0.1, 0.15) is 53.5 Å². The average molecular weight is 322 g/mol. The van der Waals surface area contributed by atoms with Gasteiger partial charge in [-0.2, -0.15) is 0 Å². The van der Waals surface area contributed by atoms with E-state index in [0.717, 1.165) is 43.9 Å². The van der Waals surface area contributed by atoms with E-state index in [0.29, 0.717) is 17.4 Å². The second kappa shape index (κ2) is 6.67. The predicted molar refractivity (Wildman–Crippen MR) is 90.6 cm³/mol. The van der Waals surface area contributed by atoms with Gasteiger partial charge in [-0.3, -0.25) is 9.78 Å². The smallest absolute Gasteiger partial charge is 0.256 e. The summed E-state index contributed by atoms with van der Waals surface area (Å²) in [6, 6.07) is 6.02. The van der Waals surface area contributed by atoms with Crippen molar-refractivity contribution < 1.29 is 4.79 Å². The maximum absolute atomic E-state index is 12.7. The van der Waals surface area contributed by atoms with Crippen LogP contribution in [-0.2, 0) is 6.42 Å². The fourth-order valence-electron chi connectivity index (χ4n) is 3.41. The van der Waals surface area contributed by atoms with E-state index in [1.807, 2.05) is 23.2 Å². The molecule has 124 valence electrons. The molecule has 2 fully saturated rings. The fraction of sp³-hybridized carbons (Fsp3) is 0.474. The molecule has 1 saturated carbocycles. The van der Waals surface area contributed by atoms with Crippen LogP contribution in [-0.4, -0.2) is 38.8 Å². The number of nitrogens with zero attached hydrogens (tertiary/aromatic N) is 4. The minimum atomic E-state index is 0.0584. The first-order valence-electron chi connectivity index (χ1n) is 8.81. The summed E-state index contributed by atoms with van der Waals surface area (Å²) >= 11 is 0. The molecular weight excluding hydrogens is 300 g/mol. The second-order valence-corrected chi connectivity index (χ2v) is 6.89. The highest BCUT2D eigenvalue weighted by atomic mass is 16.2. The van der Waals surface area contributed by atoms with Crippen LogP contribution in [0.2, 0.25) is 0 Å². The predicted octanol–water partition coefficient (Wildman–Crippen LogP) is 2.84. The first kappa shape index (κ1) is 15.2. The Bertz CT molecular complexity index is 697. The Balaban J connectivity index is 1.40. The number of rotatable bonds is 4. The lowest BCUT2D eigenvalue weighted by molar-refractivity contribution is 0.0672. The molecule has 0 spiro atoms. The van der Waals surface area contributed by atoms with Crippen molar-refractivity contribution in [3.63, 3.8) is 0 Å². The maximum Gasteiger partial charge on any atom is 0.256 e. The Kier molecular flexibility index (Phi) is 4.24. The Morgan fingerprint density at radius 2 is 1.96 bits per heavy atom. The monoisotopic (exact) mass is 322 g/mol. The summed E-state index contributed by atoms with van der Waals surface area (Å²) in [5.74, 6) is 1.94. The van der Waals surface area contributed by atoms with Gasteiger partial charge in [0.2, 0.25) is 0 Å². The molecule has 0 bridgehead atoms. The molecule has 2 aromatic rings. The first-order valence-corrected chi connectivity index (χ1v) is 8.81. The molecule has 0 radical (unpaired) electrons. The van der Waals surface area contributed by atoms with Crippen LogP contribution in [0.5, 0.6) is 0 Å². The van der Waals surface area contributed by atoms with E-state index in [-0.39, 0.29) is 5.91 Å². The van der Waals surface area contributed by atoms with Gasteiger partial charge >= 0.3 is 0 Å². The van der Waals surface area contributed by atoms with E-state index in [1.165, 1.54) is 12.8 Å². The van der Waals surface area contributed by atoms with Gasteiger partial charge in [0.15, 0.2) is 0 Å². The molecule has 0 N–H and O–H groups in total. The lowest BCUT2D eigenvalue weighted by Crippen LogP contribution is -2.40. The van der Waals surface area contributed by atoms with Gasteiger partial charge in [-0.25, -0.2) is 9.97 Å². The number of likely N-dealkylation sites (tertiary alicyclic amines) is 1. The zero-order valence-electron chi connectivity index (χ0n) is 13.8. The molecule has 1 amide bonds. The van der Waals surface area contributed by atoms with E-state index < -0.39 is 0 Å². The van der Waals surface area contributed by atoms with Crippen LogP contribution in [0.25, 0.3) is 0 Å². The standard InChI is InChI=1S/C19H22N4O/c24-19(16-11-21-18(22-12-16)15-6-7-15)23-9-3-4-14(13-23)10-17-5-1-2-8-20-17/h1-2,5,8,11-12,14-15H,3-4,6-7,9-10,13H2/t14-/m1/s1. The molecule has 3 heterocycles. The van der Waals surface area contributed by atoms with Crippen LogP contribution < -0.4 is 0 Å². The highest BCUT2D eigenvalue weighted by Crippen LogP contribution is 2.37. The molecule has 1 saturated heterocycles. The number of hydrogen-bond donors (Lipinski definition) is 0. The normalized spacial score (nSPS) is 20.8. The average Bonchev–Trinajstić information content (AvgIpc) is 3.48. The van der Waals surface area contributed by atoms with E-state index in [2.05, 4.69) is 21.0 Å². The van der Waals surface area contributed by atoms with Crippen molar-refractivity contribution in [3.05, 3.63) is 53.9 Å². The molecule has 2 aromatic heterocycles. The van der Waals surface area contributed by atoms with Gasteiger partial charge in [-0.15, -0.1) is 0 Å². The summed E-state index contributed by atoms with van der Waals surface area (Å²) in [7, 11) is 0. The van der Waals surface area contributed by atoms with Crippen molar-refractivity contribution in [2.45, 2.75) is 38.0 Å². The van der Waals surface area contributed by atoms with Gasteiger partial charge in [-0.05, 0) is 50.2 Å². The van der Waals surface area contributed by atoms with Crippen LogP contribution in [0, 0.1) is 5.92 Å². The topological polar surface area (TPSA) is 59.0 Å². The Morgan fingerprint density at radius 3 is 2.67 bits per heavy atom. The summed E-state index contributed by atoms with van der Waals surface area (Å²) in [5.41, 5.74) is 1.71. The molecular formula is C19H22N4O. The van der Waals surface area contributed by atoms with Gasteiger partial charge in [0.05, 0.1) is 5.56 Å². The van der Waals surface area contributed by atoms with Gasteiger partial charge in [0, 0.05) is 43.3 Å². The number of pyridine rings is 1. The van der Waals surface area contributed by atoms with Crippen molar-refractivity contribution in [2.24, 2.45) is 5.92 Å². The summed E-state index contributed by atoms with van der Waals surface area (Å²) in [6.45, 7) is 1.61. The Morgan fingerprint density at radius 1 is 1.12 bits per heavy atom. The number of piperidine rings is 1. The molecule has 1 aliphatic carbocycles. The van der Waals surface area contributed by atoms with Crippen molar-refractivity contribution >= 4 is 5.91 Å². The minimum absolute atomic E-state index is 0.0584. The zero-order chi connectivity index (χ0) is 16.4. The van der Waals surface area contributed by atoms with Crippen molar-refractivity contribution in [1.29, 1.82) is 0 Å². The number of hydrogen-bond acceptors (Lipinski definition) is 4. The molecule has 0 aromatic carbocycles. The summed E-state index contributed by atoms with van der Waals surface area (Å²) in [4.78, 5) is 27.8. The van der Waals surface area contributed by atoms with Crippen LogP contribution in [0.15, 0.2) is 36.8 Å². The van der Waals surface area contributed by atoms with Crippen molar-refractivity contribution in [2.75, 3.05) is 13.1 Å². The number of carbonyl (C=O) groups is 1. The highest BCUT2D eigenvalue weighted by Gasteiger charge is 2.28. The quantitative estimate of drug-likeness (QED) is 0.868. The van der Waals surface area contributed by atoms with E-state index in [9.17, 15) is 4.79 Å². The Hall–Kier alpha value is -2.30. The van der Waals surface area contributed by atoms with Crippen LogP contribution in [0.3, 0.4) is 0 Å². The zero-order valence-corrected chi connectivity index (χ0v) is 13.8. The Labute approximate surface area is 142 Å². The van der Waals surface area contributed by atoms with Crippen LogP contribution in [0.4, 0.5) is 0 Å².